The Morgan fingerprint density at radius 3 is 2.57 bits per heavy atom. The fourth-order valence-electron chi connectivity index (χ4n) is 1.83. The van der Waals surface area contributed by atoms with E-state index in [1.807, 2.05) is 6.92 Å². The van der Waals surface area contributed by atoms with Gasteiger partial charge in [-0.3, -0.25) is 9.59 Å². The molecule has 1 aromatic carbocycles. The lowest BCUT2D eigenvalue weighted by Crippen LogP contribution is -2.20. The van der Waals surface area contributed by atoms with Crippen molar-refractivity contribution in [3.05, 3.63) is 54.0 Å². The van der Waals surface area contributed by atoms with E-state index in [1.165, 1.54) is 6.26 Å². The Bertz CT molecular complexity index is 691. The zero-order chi connectivity index (χ0) is 16.7. The van der Waals surface area contributed by atoms with Crippen LogP contribution >= 0.6 is 0 Å². The summed E-state index contributed by atoms with van der Waals surface area (Å²) in [5.41, 5.74) is 9.00. The van der Waals surface area contributed by atoms with E-state index in [-0.39, 0.29) is 12.4 Å². The molecule has 3 N–H and O–H groups in total. The summed E-state index contributed by atoms with van der Waals surface area (Å²) in [6.07, 6.45) is 2.05. The Kier molecular flexibility index (Phi) is 5.51. The van der Waals surface area contributed by atoms with Crippen molar-refractivity contribution < 1.29 is 18.7 Å². The molecule has 2 amide bonds. The lowest BCUT2D eigenvalue weighted by Gasteiger charge is -2.07. The van der Waals surface area contributed by atoms with Crippen molar-refractivity contribution >= 4 is 17.5 Å². The number of hydrazone groups is 1. The van der Waals surface area contributed by atoms with Gasteiger partial charge in [0.2, 0.25) is 0 Å². The quantitative estimate of drug-likeness (QED) is 0.599. The Balaban J connectivity index is 2.03. The van der Waals surface area contributed by atoms with Gasteiger partial charge >= 0.3 is 5.91 Å². The summed E-state index contributed by atoms with van der Waals surface area (Å²) in [6, 6.07) is 10.2. The summed E-state index contributed by atoms with van der Waals surface area (Å²) in [7, 11) is 0. The van der Waals surface area contributed by atoms with E-state index in [9.17, 15) is 9.59 Å². The second kappa shape index (κ2) is 7.79. The van der Waals surface area contributed by atoms with Crippen LogP contribution in [-0.4, -0.2) is 24.1 Å². The van der Waals surface area contributed by atoms with Crippen LogP contribution < -0.4 is 15.9 Å². The highest BCUT2D eigenvalue weighted by Crippen LogP contribution is 2.14. The van der Waals surface area contributed by atoms with Crippen LogP contribution in [0.15, 0.2) is 52.2 Å². The molecule has 2 rings (SSSR count). The second-order valence-electron chi connectivity index (χ2n) is 4.61. The van der Waals surface area contributed by atoms with Crippen molar-refractivity contribution in [3.8, 4) is 5.75 Å². The van der Waals surface area contributed by atoms with Crippen LogP contribution in [0.1, 0.15) is 29.5 Å². The van der Waals surface area contributed by atoms with Crippen molar-refractivity contribution in [2.75, 3.05) is 6.61 Å². The molecule has 1 aromatic heterocycles. The first-order chi connectivity index (χ1) is 11.1. The van der Waals surface area contributed by atoms with E-state index in [2.05, 4.69) is 10.5 Å². The summed E-state index contributed by atoms with van der Waals surface area (Å²) in [6.45, 7) is 1.75. The number of primary amides is 1. The highest BCUT2D eigenvalue weighted by molar-refractivity contribution is 6.01. The van der Waals surface area contributed by atoms with Crippen LogP contribution in [0.3, 0.4) is 0 Å². The number of benzene rings is 1. The molecular weight excluding hydrogens is 298 g/mol. The molecule has 0 atom stereocenters. The first-order valence-corrected chi connectivity index (χ1v) is 7.02. The third kappa shape index (κ3) is 4.70. The molecule has 7 nitrogen and oxygen atoms in total. The molecule has 0 bridgehead atoms. The largest absolute Gasteiger partial charge is 0.484 e. The lowest BCUT2D eigenvalue weighted by atomic mass is 10.1. The summed E-state index contributed by atoms with van der Waals surface area (Å²) in [5.74, 6) is -0.227. The van der Waals surface area contributed by atoms with Crippen LogP contribution in [0.2, 0.25) is 0 Å². The molecule has 0 aliphatic rings. The number of nitrogens with zero attached hydrogens (tertiary/aromatic N) is 1. The summed E-state index contributed by atoms with van der Waals surface area (Å²) >= 11 is 0. The fourth-order valence-corrected chi connectivity index (χ4v) is 1.83. The summed E-state index contributed by atoms with van der Waals surface area (Å²) < 4.78 is 10.2. The SMILES string of the molecule is CC/C(=N\NC(=O)c1ccco1)c1ccc(OCC(N)=O)cc1. The van der Waals surface area contributed by atoms with E-state index in [0.29, 0.717) is 17.9 Å². The average molecular weight is 315 g/mol. The second-order valence-corrected chi connectivity index (χ2v) is 4.61. The fraction of sp³-hybridized carbons (Fsp3) is 0.188. The van der Waals surface area contributed by atoms with Crippen molar-refractivity contribution in [3.63, 3.8) is 0 Å². The first kappa shape index (κ1) is 16.3. The predicted octanol–water partition coefficient (Wildman–Crippen LogP) is 1.69. The standard InChI is InChI=1S/C16H17N3O4/c1-2-13(18-19-16(21)14-4-3-9-22-14)11-5-7-12(8-6-11)23-10-15(17)20/h3-9H,2,10H2,1H3,(H2,17,20)(H,19,21)/b18-13+. The number of amides is 2. The minimum Gasteiger partial charge on any atom is -0.484 e. The third-order valence-electron chi connectivity index (χ3n) is 2.94. The summed E-state index contributed by atoms with van der Waals surface area (Å²) in [4.78, 5) is 22.5. The topological polar surface area (TPSA) is 107 Å². The number of nitrogens with one attached hydrogen (secondary N) is 1. The molecule has 1 heterocycles. The van der Waals surface area contributed by atoms with Crippen molar-refractivity contribution in [1.82, 2.24) is 5.43 Å². The molecule has 7 heteroatoms. The number of carbonyl (C=O) groups is 2. The van der Waals surface area contributed by atoms with Crippen LogP contribution in [0.5, 0.6) is 5.75 Å². The molecule has 0 spiro atoms. The number of rotatable bonds is 7. The zero-order valence-corrected chi connectivity index (χ0v) is 12.6. The van der Waals surface area contributed by atoms with E-state index in [4.69, 9.17) is 14.9 Å². The Labute approximate surface area is 133 Å². The minimum absolute atomic E-state index is 0.173. The number of furan rings is 1. The van der Waals surface area contributed by atoms with Crippen molar-refractivity contribution in [2.45, 2.75) is 13.3 Å². The van der Waals surface area contributed by atoms with Gasteiger partial charge in [0.1, 0.15) is 5.75 Å². The smallest absolute Gasteiger partial charge is 0.307 e. The number of hydrogen-bond donors (Lipinski definition) is 2. The molecule has 0 aliphatic heterocycles. The highest BCUT2D eigenvalue weighted by atomic mass is 16.5. The third-order valence-corrected chi connectivity index (χ3v) is 2.94. The molecule has 0 radical (unpaired) electrons. The van der Waals surface area contributed by atoms with E-state index >= 15 is 0 Å². The van der Waals surface area contributed by atoms with Crippen LogP contribution in [-0.2, 0) is 4.79 Å². The van der Waals surface area contributed by atoms with E-state index < -0.39 is 11.8 Å². The van der Waals surface area contributed by atoms with Gasteiger partial charge in [-0.25, -0.2) is 5.43 Å². The molecule has 0 fully saturated rings. The lowest BCUT2D eigenvalue weighted by molar-refractivity contribution is -0.119. The maximum atomic E-state index is 11.8. The van der Waals surface area contributed by atoms with Gasteiger partial charge in [-0.15, -0.1) is 0 Å². The van der Waals surface area contributed by atoms with Gasteiger partial charge < -0.3 is 14.9 Å². The van der Waals surface area contributed by atoms with Gasteiger partial charge in [0.05, 0.1) is 12.0 Å². The Hall–Kier alpha value is -3.09. The summed E-state index contributed by atoms with van der Waals surface area (Å²) in [5, 5.41) is 4.11. The molecule has 2 aromatic rings. The van der Waals surface area contributed by atoms with Gasteiger partial charge in [-0.2, -0.15) is 5.10 Å². The monoisotopic (exact) mass is 315 g/mol. The zero-order valence-electron chi connectivity index (χ0n) is 12.6. The minimum atomic E-state index is -0.537. The normalized spacial score (nSPS) is 11.1. The van der Waals surface area contributed by atoms with Gasteiger partial charge in [0.25, 0.3) is 5.91 Å². The molecule has 120 valence electrons. The van der Waals surface area contributed by atoms with Crippen LogP contribution in [0.25, 0.3) is 0 Å². The number of nitrogens with two attached hydrogens (primary N) is 1. The maximum Gasteiger partial charge on any atom is 0.307 e. The Morgan fingerprint density at radius 1 is 1.26 bits per heavy atom. The molecule has 0 unspecified atom stereocenters. The van der Waals surface area contributed by atoms with E-state index in [0.717, 1.165) is 5.56 Å². The van der Waals surface area contributed by atoms with Crippen molar-refractivity contribution in [1.29, 1.82) is 0 Å². The van der Waals surface area contributed by atoms with Gasteiger partial charge in [0.15, 0.2) is 12.4 Å². The molecule has 23 heavy (non-hydrogen) atoms. The Morgan fingerprint density at radius 2 is 2.00 bits per heavy atom. The predicted molar refractivity (Wildman–Crippen MR) is 84.1 cm³/mol. The molecule has 0 aliphatic carbocycles. The number of ether oxygens (including phenoxy) is 1. The van der Waals surface area contributed by atoms with Crippen LogP contribution in [0, 0.1) is 0 Å². The number of hydrogen-bond acceptors (Lipinski definition) is 5. The highest BCUT2D eigenvalue weighted by Gasteiger charge is 2.08. The molecule has 0 saturated carbocycles. The molecule has 0 saturated heterocycles. The van der Waals surface area contributed by atoms with E-state index in [1.54, 1.807) is 36.4 Å². The number of carbonyl (C=O) groups excluding carboxylic acids is 2. The van der Waals surface area contributed by atoms with Crippen molar-refractivity contribution in [2.24, 2.45) is 10.8 Å². The van der Waals surface area contributed by atoms with Gasteiger partial charge in [-0.05, 0) is 48.4 Å². The maximum absolute atomic E-state index is 11.8. The average Bonchev–Trinajstić information content (AvgIpc) is 3.09. The van der Waals surface area contributed by atoms with Gasteiger partial charge in [0, 0.05) is 0 Å². The van der Waals surface area contributed by atoms with Crippen LogP contribution in [0.4, 0.5) is 0 Å². The molecular formula is C16H17N3O4. The first-order valence-electron chi connectivity index (χ1n) is 7.02. The van der Waals surface area contributed by atoms with Gasteiger partial charge in [-0.1, -0.05) is 6.92 Å².